The molecule has 0 unspecified atom stereocenters. The summed E-state index contributed by atoms with van der Waals surface area (Å²) in [6.45, 7) is 2.00. The molecule has 0 radical (unpaired) electrons. The molecule has 3 aromatic heterocycles. The number of hydrogen-bond acceptors (Lipinski definition) is 6. The molecule has 1 aromatic carbocycles. The Kier molecular flexibility index (Phi) is 5.38. The SMILES string of the molecule is C[C@H](Nc1cc(-c2ccncc2)cc(Nc2cnccn2)n1)c1ccc(F)cc1. The molecule has 0 saturated carbocycles. The first-order valence-corrected chi connectivity index (χ1v) is 9.15. The fraction of sp³-hybridized carbons (Fsp3) is 0.0909. The number of halogens is 1. The zero-order valence-electron chi connectivity index (χ0n) is 15.7. The van der Waals surface area contributed by atoms with Crippen molar-refractivity contribution in [3.05, 3.63) is 90.9 Å². The van der Waals surface area contributed by atoms with Crippen LogP contribution >= 0.6 is 0 Å². The number of pyridine rings is 2. The number of rotatable bonds is 6. The van der Waals surface area contributed by atoms with Gasteiger partial charge < -0.3 is 10.6 Å². The van der Waals surface area contributed by atoms with Crippen LogP contribution in [0.4, 0.5) is 21.8 Å². The zero-order valence-corrected chi connectivity index (χ0v) is 15.7. The van der Waals surface area contributed by atoms with Crippen LogP contribution in [0, 0.1) is 5.82 Å². The molecule has 0 spiro atoms. The molecule has 0 aliphatic rings. The van der Waals surface area contributed by atoms with Crippen molar-refractivity contribution >= 4 is 17.5 Å². The van der Waals surface area contributed by atoms with Crippen molar-refractivity contribution in [2.75, 3.05) is 10.6 Å². The fourth-order valence-electron chi connectivity index (χ4n) is 2.93. The second kappa shape index (κ2) is 8.43. The van der Waals surface area contributed by atoms with Crippen LogP contribution in [-0.4, -0.2) is 19.9 Å². The number of benzene rings is 1. The largest absolute Gasteiger partial charge is 0.363 e. The first-order valence-electron chi connectivity index (χ1n) is 9.15. The maximum atomic E-state index is 13.2. The van der Waals surface area contributed by atoms with Gasteiger partial charge in [-0.15, -0.1) is 0 Å². The van der Waals surface area contributed by atoms with Gasteiger partial charge in [0.15, 0.2) is 0 Å². The lowest BCUT2D eigenvalue weighted by Gasteiger charge is -2.17. The molecular weight excluding hydrogens is 367 g/mol. The van der Waals surface area contributed by atoms with Crippen LogP contribution in [0.5, 0.6) is 0 Å². The standard InChI is InChI=1S/C22H19FN6/c1-15(16-2-4-19(23)5-3-16)27-20-12-18(17-6-8-24-9-7-17)13-21(28-20)29-22-14-25-10-11-26-22/h2-15H,1H3,(H2,26,27,28,29)/t15-/m0/s1. The second-order valence-electron chi connectivity index (χ2n) is 6.50. The van der Waals surface area contributed by atoms with Crippen LogP contribution in [-0.2, 0) is 0 Å². The van der Waals surface area contributed by atoms with Gasteiger partial charge in [0.1, 0.15) is 23.3 Å². The summed E-state index contributed by atoms with van der Waals surface area (Å²) in [6.07, 6.45) is 8.36. The quantitative estimate of drug-likeness (QED) is 0.486. The Bertz CT molecular complexity index is 1070. The van der Waals surface area contributed by atoms with Crippen LogP contribution in [0.15, 0.2) is 79.5 Å². The molecule has 4 rings (SSSR count). The van der Waals surface area contributed by atoms with E-state index in [0.29, 0.717) is 17.5 Å². The first-order chi connectivity index (χ1) is 14.2. The average Bonchev–Trinajstić information content (AvgIpc) is 2.75. The summed E-state index contributed by atoms with van der Waals surface area (Å²) in [7, 11) is 0. The van der Waals surface area contributed by atoms with E-state index in [9.17, 15) is 4.39 Å². The van der Waals surface area contributed by atoms with Gasteiger partial charge in [0.2, 0.25) is 0 Å². The van der Waals surface area contributed by atoms with Crippen LogP contribution in [0.3, 0.4) is 0 Å². The van der Waals surface area contributed by atoms with E-state index < -0.39 is 0 Å². The fourth-order valence-corrected chi connectivity index (χ4v) is 2.93. The first kappa shape index (κ1) is 18.5. The molecule has 4 aromatic rings. The molecule has 29 heavy (non-hydrogen) atoms. The zero-order chi connectivity index (χ0) is 20.1. The molecule has 144 valence electrons. The Hall–Kier alpha value is -3.87. The summed E-state index contributed by atoms with van der Waals surface area (Å²) in [5.41, 5.74) is 2.95. The van der Waals surface area contributed by atoms with E-state index in [1.807, 2.05) is 31.2 Å². The Labute approximate surface area is 167 Å². The lowest BCUT2D eigenvalue weighted by molar-refractivity contribution is 0.626. The molecule has 0 fully saturated rings. The van der Waals surface area contributed by atoms with Crippen molar-refractivity contribution in [1.82, 2.24) is 19.9 Å². The van der Waals surface area contributed by atoms with Gasteiger partial charge in [0.25, 0.3) is 0 Å². The number of anilines is 3. The minimum Gasteiger partial charge on any atom is -0.363 e. The Morgan fingerprint density at radius 3 is 2.28 bits per heavy atom. The molecular formula is C22H19FN6. The van der Waals surface area contributed by atoms with Crippen molar-refractivity contribution in [3.8, 4) is 11.1 Å². The predicted octanol–water partition coefficient (Wildman–Crippen LogP) is 4.99. The van der Waals surface area contributed by atoms with Gasteiger partial charge in [0.05, 0.1) is 6.20 Å². The van der Waals surface area contributed by atoms with E-state index in [1.165, 1.54) is 12.1 Å². The van der Waals surface area contributed by atoms with E-state index in [-0.39, 0.29) is 11.9 Å². The summed E-state index contributed by atoms with van der Waals surface area (Å²) in [6, 6.07) is 14.2. The Morgan fingerprint density at radius 1 is 0.793 bits per heavy atom. The average molecular weight is 386 g/mol. The third-order valence-electron chi connectivity index (χ3n) is 4.39. The normalized spacial score (nSPS) is 11.7. The topological polar surface area (TPSA) is 75.6 Å². The molecule has 7 heteroatoms. The Morgan fingerprint density at radius 2 is 1.55 bits per heavy atom. The second-order valence-corrected chi connectivity index (χ2v) is 6.50. The number of hydrogen-bond donors (Lipinski definition) is 2. The molecule has 0 aliphatic carbocycles. The van der Waals surface area contributed by atoms with Gasteiger partial charge in [-0.3, -0.25) is 9.97 Å². The molecule has 1 atom stereocenters. The third kappa shape index (κ3) is 4.70. The van der Waals surface area contributed by atoms with E-state index in [1.54, 1.807) is 43.1 Å². The van der Waals surface area contributed by atoms with Crippen molar-refractivity contribution < 1.29 is 4.39 Å². The van der Waals surface area contributed by atoms with Gasteiger partial charge in [-0.05, 0) is 60.0 Å². The van der Waals surface area contributed by atoms with Gasteiger partial charge >= 0.3 is 0 Å². The van der Waals surface area contributed by atoms with Crippen molar-refractivity contribution in [3.63, 3.8) is 0 Å². The van der Waals surface area contributed by atoms with E-state index in [2.05, 4.69) is 30.6 Å². The summed E-state index contributed by atoms with van der Waals surface area (Å²) in [5.74, 6) is 1.66. The molecule has 6 nitrogen and oxygen atoms in total. The summed E-state index contributed by atoms with van der Waals surface area (Å²) in [5, 5.41) is 6.57. The van der Waals surface area contributed by atoms with Crippen molar-refractivity contribution in [2.45, 2.75) is 13.0 Å². The lowest BCUT2D eigenvalue weighted by atomic mass is 10.1. The highest BCUT2D eigenvalue weighted by molar-refractivity contribution is 5.71. The van der Waals surface area contributed by atoms with Crippen LogP contribution < -0.4 is 10.6 Å². The molecule has 0 aliphatic heterocycles. The molecule has 0 amide bonds. The maximum absolute atomic E-state index is 13.2. The van der Waals surface area contributed by atoms with Gasteiger partial charge in [-0.25, -0.2) is 14.4 Å². The number of nitrogens with zero attached hydrogens (tertiary/aromatic N) is 4. The Balaban J connectivity index is 1.66. The third-order valence-corrected chi connectivity index (χ3v) is 4.39. The van der Waals surface area contributed by atoms with Crippen molar-refractivity contribution in [1.29, 1.82) is 0 Å². The molecule has 0 saturated heterocycles. The van der Waals surface area contributed by atoms with Crippen molar-refractivity contribution in [2.24, 2.45) is 0 Å². The highest BCUT2D eigenvalue weighted by Gasteiger charge is 2.10. The smallest absolute Gasteiger partial charge is 0.150 e. The van der Waals surface area contributed by atoms with Gasteiger partial charge in [0, 0.05) is 30.8 Å². The summed E-state index contributed by atoms with van der Waals surface area (Å²) >= 11 is 0. The maximum Gasteiger partial charge on any atom is 0.150 e. The van der Waals surface area contributed by atoms with Gasteiger partial charge in [-0.1, -0.05) is 12.1 Å². The monoisotopic (exact) mass is 386 g/mol. The summed E-state index contributed by atoms with van der Waals surface area (Å²) in [4.78, 5) is 17.1. The van der Waals surface area contributed by atoms with Crippen LogP contribution in [0.1, 0.15) is 18.5 Å². The minimum absolute atomic E-state index is 0.0554. The molecule has 2 N–H and O–H groups in total. The number of nitrogens with one attached hydrogen (secondary N) is 2. The minimum atomic E-state index is -0.255. The number of aromatic nitrogens is 4. The highest BCUT2D eigenvalue weighted by atomic mass is 19.1. The van der Waals surface area contributed by atoms with Gasteiger partial charge in [-0.2, -0.15) is 0 Å². The molecule has 0 bridgehead atoms. The van der Waals surface area contributed by atoms with Crippen LogP contribution in [0.2, 0.25) is 0 Å². The van der Waals surface area contributed by atoms with E-state index in [4.69, 9.17) is 0 Å². The molecule has 3 heterocycles. The van der Waals surface area contributed by atoms with E-state index >= 15 is 0 Å². The summed E-state index contributed by atoms with van der Waals surface area (Å²) < 4.78 is 13.2. The van der Waals surface area contributed by atoms with E-state index in [0.717, 1.165) is 16.7 Å². The van der Waals surface area contributed by atoms with Crippen LogP contribution in [0.25, 0.3) is 11.1 Å². The highest BCUT2D eigenvalue weighted by Crippen LogP contribution is 2.27. The predicted molar refractivity (Wildman–Crippen MR) is 111 cm³/mol. The lowest BCUT2D eigenvalue weighted by Crippen LogP contribution is -2.09.